The Kier molecular flexibility index (Phi) is 9.29. The fraction of sp³-hybridized carbons (Fsp3) is 0.483. The second-order valence-electron chi connectivity index (χ2n) is 11.3. The molecule has 0 saturated heterocycles. The molecule has 0 aliphatic heterocycles. The lowest BCUT2D eigenvalue weighted by Gasteiger charge is -2.30. The molecule has 0 saturated carbocycles. The third-order valence-electron chi connectivity index (χ3n) is 5.84. The summed E-state index contributed by atoms with van der Waals surface area (Å²) in [6.45, 7) is 12.5. The van der Waals surface area contributed by atoms with E-state index < -0.39 is 23.0 Å². The van der Waals surface area contributed by atoms with Crippen molar-refractivity contribution < 1.29 is 19.4 Å². The van der Waals surface area contributed by atoms with Gasteiger partial charge in [0.25, 0.3) is 0 Å². The summed E-state index contributed by atoms with van der Waals surface area (Å²) >= 11 is 1.53. The second kappa shape index (κ2) is 12.0. The molecule has 3 aromatic rings. The minimum atomic E-state index is -0.880. The van der Waals surface area contributed by atoms with Gasteiger partial charge in [-0.3, -0.25) is 0 Å². The van der Waals surface area contributed by atoms with Gasteiger partial charge in [0.2, 0.25) is 0 Å². The molecule has 0 fully saturated rings. The third kappa shape index (κ3) is 7.99. The van der Waals surface area contributed by atoms with Crippen molar-refractivity contribution in [3.8, 4) is 0 Å². The van der Waals surface area contributed by atoms with Gasteiger partial charge in [-0.1, -0.05) is 75.0 Å². The summed E-state index contributed by atoms with van der Waals surface area (Å²) in [5, 5.41) is 10.8. The van der Waals surface area contributed by atoms with Crippen molar-refractivity contribution in [2.45, 2.75) is 71.2 Å². The fourth-order valence-electron chi connectivity index (χ4n) is 4.19. The standard InChI is InChI=1S/C29H39N3O4S/c1-28(2,3)24(25(33)34)32-23-16-11-10-15-22(23)30-26(32)37-20-12-18-31(27(35)36-29(4,5)6)19-17-21-13-8-7-9-14-21/h7-11,13-16,24H,12,17-20H2,1-6H3,(H,33,34). The SMILES string of the molecule is CC(C)(C)OC(=O)N(CCCSc1nc2ccccc2n1C(C(=O)O)C(C)(C)C)CCc1ccccc1. The Bertz CT molecular complexity index is 1200. The summed E-state index contributed by atoms with van der Waals surface area (Å²) in [5.74, 6) is -0.195. The van der Waals surface area contributed by atoms with Crippen LogP contribution in [0.1, 0.15) is 59.6 Å². The van der Waals surface area contributed by atoms with Crippen LogP contribution in [-0.2, 0) is 16.0 Å². The topological polar surface area (TPSA) is 84.7 Å². The summed E-state index contributed by atoms with van der Waals surface area (Å²) in [6, 6.07) is 17.0. The quantitative estimate of drug-likeness (QED) is 0.235. The van der Waals surface area contributed by atoms with Crippen LogP contribution < -0.4 is 0 Å². The number of aromatic nitrogens is 2. The number of amides is 1. The molecule has 0 bridgehead atoms. The van der Waals surface area contributed by atoms with Crippen LogP contribution in [-0.4, -0.2) is 56.1 Å². The van der Waals surface area contributed by atoms with Gasteiger partial charge in [-0.2, -0.15) is 0 Å². The van der Waals surface area contributed by atoms with Crippen LogP contribution in [0.2, 0.25) is 0 Å². The molecule has 1 heterocycles. The number of aliphatic carboxylic acids is 1. The normalized spacial score (nSPS) is 12.9. The maximum Gasteiger partial charge on any atom is 0.410 e. The van der Waals surface area contributed by atoms with Gasteiger partial charge in [-0.25, -0.2) is 14.6 Å². The van der Waals surface area contributed by atoms with Gasteiger partial charge < -0.3 is 19.3 Å². The van der Waals surface area contributed by atoms with Crippen LogP contribution in [0.4, 0.5) is 4.79 Å². The van der Waals surface area contributed by atoms with Crippen molar-refractivity contribution in [2.75, 3.05) is 18.8 Å². The number of carboxylic acid groups (broad SMARTS) is 1. The third-order valence-corrected chi connectivity index (χ3v) is 6.88. The number of carbonyl (C=O) groups is 2. The van der Waals surface area contributed by atoms with Crippen molar-refractivity contribution in [2.24, 2.45) is 5.41 Å². The molecule has 0 spiro atoms. The van der Waals surface area contributed by atoms with Gasteiger partial charge in [0.05, 0.1) is 11.0 Å². The zero-order valence-electron chi connectivity index (χ0n) is 22.7. The average molecular weight is 526 g/mol. The Morgan fingerprint density at radius 3 is 2.27 bits per heavy atom. The molecule has 1 atom stereocenters. The van der Waals surface area contributed by atoms with Gasteiger partial charge in [-0.15, -0.1) is 0 Å². The number of fused-ring (bicyclic) bond motifs is 1. The average Bonchev–Trinajstić information content (AvgIpc) is 3.14. The molecule has 0 radical (unpaired) electrons. The molecule has 7 nitrogen and oxygen atoms in total. The minimum Gasteiger partial charge on any atom is -0.480 e. The van der Waals surface area contributed by atoms with Gasteiger partial charge in [0.1, 0.15) is 11.6 Å². The Morgan fingerprint density at radius 2 is 1.65 bits per heavy atom. The van der Waals surface area contributed by atoms with E-state index in [0.717, 1.165) is 23.9 Å². The number of ether oxygens (including phenoxy) is 1. The van der Waals surface area contributed by atoms with E-state index in [0.29, 0.717) is 24.0 Å². The van der Waals surface area contributed by atoms with E-state index in [2.05, 4.69) is 12.1 Å². The fourth-order valence-corrected chi connectivity index (χ4v) is 5.15. The summed E-state index contributed by atoms with van der Waals surface area (Å²) in [6.07, 6.45) is 1.14. The number of nitrogens with zero attached hydrogens (tertiary/aromatic N) is 3. The molecule has 2 aromatic carbocycles. The van der Waals surface area contributed by atoms with Crippen molar-refractivity contribution in [3.63, 3.8) is 0 Å². The zero-order valence-corrected chi connectivity index (χ0v) is 23.5. The van der Waals surface area contributed by atoms with Crippen molar-refractivity contribution in [1.29, 1.82) is 0 Å². The molecule has 1 amide bonds. The molecule has 1 unspecified atom stereocenters. The molecule has 200 valence electrons. The highest BCUT2D eigenvalue weighted by atomic mass is 32.2. The number of hydrogen-bond acceptors (Lipinski definition) is 5. The molecule has 0 aliphatic rings. The summed E-state index contributed by atoms with van der Waals surface area (Å²) in [4.78, 5) is 31.8. The number of carboxylic acids is 1. The first kappa shape index (κ1) is 28.6. The molecule has 0 aliphatic carbocycles. The van der Waals surface area contributed by atoms with Gasteiger partial charge >= 0.3 is 12.1 Å². The highest BCUT2D eigenvalue weighted by molar-refractivity contribution is 7.99. The van der Waals surface area contributed by atoms with Crippen LogP contribution in [0, 0.1) is 5.41 Å². The highest BCUT2D eigenvalue weighted by Gasteiger charge is 2.35. The minimum absolute atomic E-state index is 0.320. The lowest BCUT2D eigenvalue weighted by atomic mass is 9.86. The Hall–Kier alpha value is -3.00. The number of hydrogen-bond donors (Lipinski definition) is 1. The molecular weight excluding hydrogens is 486 g/mol. The zero-order chi connectivity index (χ0) is 27.2. The lowest BCUT2D eigenvalue weighted by Crippen LogP contribution is -2.38. The first-order valence-corrected chi connectivity index (χ1v) is 13.7. The Morgan fingerprint density at radius 1 is 1.00 bits per heavy atom. The van der Waals surface area contributed by atoms with E-state index in [1.807, 2.05) is 88.6 Å². The number of carbonyl (C=O) groups excluding carboxylic acids is 1. The van der Waals surface area contributed by atoms with Crippen molar-refractivity contribution in [3.05, 3.63) is 60.2 Å². The van der Waals surface area contributed by atoms with E-state index in [4.69, 9.17) is 9.72 Å². The molecular formula is C29H39N3O4S. The number of imidazole rings is 1. The summed E-state index contributed by atoms with van der Waals surface area (Å²) in [5.41, 5.74) is 1.68. The van der Waals surface area contributed by atoms with Crippen molar-refractivity contribution in [1.82, 2.24) is 14.5 Å². The molecule has 3 rings (SSSR count). The number of benzene rings is 2. The van der Waals surface area contributed by atoms with E-state index in [-0.39, 0.29) is 6.09 Å². The number of para-hydroxylation sites is 2. The van der Waals surface area contributed by atoms with E-state index in [9.17, 15) is 14.7 Å². The van der Waals surface area contributed by atoms with Gasteiger partial charge in [-0.05, 0) is 56.7 Å². The maximum absolute atomic E-state index is 12.9. The van der Waals surface area contributed by atoms with Crippen LogP contribution in [0.25, 0.3) is 11.0 Å². The number of rotatable bonds is 10. The van der Waals surface area contributed by atoms with Gasteiger partial charge in [0, 0.05) is 18.8 Å². The largest absolute Gasteiger partial charge is 0.480 e. The summed E-state index contributed by atoms with van der Waals surface area (Å²) < 4.78 is 7.51. The van der Waals surface area contributed by atoms with Gasteiger partial charge in [0.15, 0.2) is 5.16 Å². The Balaban J connectivity index is 1.73. The van der Waals surface area contributed by atoms with E-state index >= 15 is 0 Å². The number of thioether (sulfide) groups is 1. The predicted octanol–water partition coefficient (Wildman–Crippen LogP) is 6.67. The molecule has 1 aromatic heterocycles. The highest BCUT2D eigenvalue weighted by Crippen LogP contribution is 2.37. The molecule has 8 heteroatoms. The molecule has 1 N–H and O–H groups in total. The second-order valence-corrected chi connectivity index (χ2v) is 12.3. The maximum atomic E-state index is 12.9. The van der Waals surface area contributed by atoms with Crippen LogP contribution >= 0.6 is 11.8 Å². The Labute approximate surface area is 224 Å². The monoisotopic (exact) mass is 525 g/mol. The molecule has 37 heavy (non-hydrogen) atoms. The lowest BCUT2D eigenvalue weighted by molar-refractivity contribution is -0.144. The summed E-state index contributed by atoms with van der Waals surface area (Å²) in [7, 11) is 0. The van der Waals surface area contributed by atoms with Crippen molar-refractivity contribution >= 4 is 34.9 Å². The predicted molar refractivity (Wildman–Crippen MR) is 149 cm³/mol. The van der Waals surface area contributed by atoms with Crippen LogP contribution in [0.3, 0.4) is 0 Å². The first-order chi connectivity index (χ1) is 17.4. The van der Waals surface area contributed by atoms with Crippen LogP contribution in [0.5, 0.6) is 0 Å². The van der Waals surface area contributed by atoms with E-state index in [1.165, 1.54) is 17.3 Å². The smallest absolute Gasteiger partial charge is 0.410 e. The van der Waals surface area contributed by atoms with E-state index in [1.54, 1.807) is 4.90 Å². The van der Waals surface area contributed by atoms with Crippen LogP contribution in [0.15, 0.2) is 59.8 Å². The first-order valence-electron chi connectivity index (χ1n) is 12.7.